The van der Waals surface area contributed by atoms with Crippen molar-refractivity contribution in [3.63, 3.8) is 0 Å². The van der Waals surface area contributed by atoms with Crippen molar-refractivity contribution in [1.82, 2.24) is 0 Å². The number of benzene rings is 1. The van der Waals surface area contributed by atoms with Crippen molar-refractivity contribution in [2.75, 3.05) is 20.3 Å². The molecule has 174 valence electrons. The monoisotopic (exact) mass is 448 g/mol. The Labute approximate surface area is 190 Å². The summed E-state index contributed by atoms with van der Waals surface area (Å²) >= 11 is 0. The van der Waals surface area contributed by atoms with Gasteiger partial charge in [0.2, 0.25) is 0 Å². The average Bonchev–Trinajstić information content (AvgIpc) is 2.70. The normalized spacial score (nSPS) is 13.7. The molecule has 0 amide bonds. The molecule has 1 aromatic carbocycles. The van der Waals surface area contributed by atoms with Crippen LogP contribution in [0.1, 0.15) is 46.1 Å². The van der Waals surface area contributed by atoms with Crippen LogP contribution in [-0.2, 0) is 25.2 Å². The Balaban J connectivity index is 2.72. The maximum absolute atomic E-state index is 6.66. The van der Waals surface area contributed by atoms with Crippen molar-refractivity contribution in [2.45, 2.75) is 77.5 Å². The van der Waals surface area contributed by atoms with Crippen LogP contribution in [-0.4, -0.2) is 40.8 Å². The maximum atomic E-state index is 6.66. The molecule has 0 aliphatic carbocycles. The SMILES string of the molecule is C#CC(C[C@@H](CCOCc1ccc(OC)cc1)O[Si](C)(C)C(C)(C)C)OC(=C)OCC. The van der Waals surface area contributed by atoms with E-state index in [0.717, 1.165) is 17.7 Å². The summed E-state index contributed by atoms with van der Waals surface area (Å²) in [5, 5.41) is 0.0939. The van der Waals surface area contributed by atoms with E-state index in [1.165, 1.54) is 0 Å². The smallest absolute Gasteiger partial charge is 0.272 e. The summed E-state index contributed by atoms with van der Waals surface area (Å²) in [6, 6.07) is 7.87. The highest BCUT2D eigenvalue weighted by Gasteiger charge is 2.39. The highest BCUT2D eigenvalue weighted by molar-refractivity contribution is 6.74. The topological polar surface area (TPSA) is 46.2 Å². The summed E-state index contributed by atoms with van der Waals surface area (Å²) < 4.78 is 28.8. The number of ether oxygens (including phenoxy) is 4. The fraction of sp³-hybridized carbons (Fsp3) is 0.600. The maximum Gasteiger partial charge on any atom is 0.272 e. The van der Waals surface area contributed by atoms with Crippen molar-refractivity contribution < 1.29 is 23.4 Å². The van der Waals surface area contributed by atoms with Crippen LogP contribution in [0.5, 0.6) is 5.75 Å². The van der Waals surface area contributed by atoms with Crippen LogP contribution >= 0.6 is 0 Å². The van der Waals surface area contributed by atoms with Gasteiger partial charge in [0.1, 0.15) is 5.75 Å². The summed E-state index contributed by atoms with van der Waals surface area (Å²) in [4.78, 5) is 0. The molecule has 1 aromatic rings. The van der Waals surface area contributed by atoms with Gasteiger partial charge in [0, 0.05) is 13.0 Å². The molecule has 2 atom stereocenters. The molecule has 0 heterocycles. The lowest BCUT2D eigenvalue weighted by atomic mass is 10.1. The molecule has 6 heteroatoms. The van der Waals surface area contributed by atoms with Gasteiger partial charge < -0.3 is 23.4 Å². The molecular formula is C25H40O5Si. The summed E-state index contributed by atoms with van der Waals surface area (Å²) in [5.74, 6) is 3.77. The van der Waals surface area contributed by atoms with Gasteiger partial charge >= 0.3 is 0 Å². The molecule has 0 N–H and O–H groups in total. The summed E-state index contributed by atoms with van der Waals surface area (Å²) in [6.45, 7) is 18.4. The molecule has 0 aliphatic heterocycles. The molecule has 5 nitrogen and oxygen atoms in total. The minimum absolute atomic E-state index is 0.0766. The number of terminal acetylenes is 1. The van der Waals surface area contributed by atoms with E-state index in [0.29, 0.717) is 26.2 Å². The van der Waals surface area contributed by atoms with E-state index >= 15 is 0 Å². The Bertz CT molecular complexity index is 700. The molecule has 0 saturated heterocycles. The number of hydrogen-bond donors (Lipinski definition) is 0. The lowest BCUT2D eigenvalue weighted by molar-refractivity contribution is -0.00372. The molecule has 0 radical (unpaired) electrons. The van der Waals surface area contributed by atoms with E-state index in [1.54, 1.807) is 7.11 Å². The summed E-state index contributed by atoms with van der Waals surface area (Å²) in [5.41, 5.74) is 1.10. The van der Waals surface area contributed by atoms with E-state index < -0.39 is 14.4 Å². The molecule has 1 rings (SSSR count). The highest BCUT2D eigenvalue weighted by Crippen LogP contribution is 2.38. The van der Waals surface area contributed by atoms with Gasteiger partial charge in [-0.2, -0.15) is 0 Å². The van der Waals surface area contributed by atoms with Gasteiger partial charge in [0.05, 0.1) is 26.4 Å². The Morgan fingerprint density at radius 3 is 2.35 bits per heavy atom. The fourth-order valence-corrected chi connectivity index (χ4v) is 4.09. The van der Waals surface area contributed by atoms with Crippen molar-refractivity contribution in [3.05, 3.63) is 42.4 Å². The zero-order chi connectivity index (χ0) is 23.5. The average molecular weight is 449 g/mol. The Hall–Kier alpha value is -1.94. The number of hydrogen-bond acceptors (Lipinski definition) is 5. The summed E-state index contributed by atoms with van der Waals surface area (Å²) in [7, 11) is -0.327. The van der Waals surface area contributed by atoms with E-state index in [9.17, 15) is 0 Å². The van der Waals surface area contributed by atoms with Gasteiger partial charge in [-0.05, 0) is 55.8 Å². The van der Waals surface area contributed by atoms with Gasteiger partial charge in [0.15, 0.2) is 14.4 Å². The second-order valence-electron chi connectivity index (χ2n) is 9.00. The molecule has 0 saturated carbocycles. The van der Waals surface area contributed by atoms with Crippen LogP contribution in [0.2, 0.25) is 18.1 Å². The van der Waals surface area contributed by atoms with Gasteiger partial charge in [-0.15, -0.1) is 6.42 Å². The standard InChI is InChI=1S/C25H40O5Si/c1-10-22(29-20(3)28-11-2)18-24(30-31(8,9)25(4,5)6)16-17-27-19-21-12-14-23(26-7)15-13-21/h1,12-15,22,24H,3,11,16-19H2,2,4-9H3/t22?,24-/m1/s1. The molecule has 1 unspecified atom stereocenters. The third kappa shape index (κ3) is 9.81. The first kappa shape index (κ1) is 27.1. The second-order valence-corrected chi connectivity index (χ2v) is 13.8. The zero-order valence-corrected chi connectivity index (χ0v) is 21.3. The minimum atomic E-state index is -1.98. The first-order valence-electron chi connectivity index (χ1n) is 10.8. The quantitative estimate of drug-likeness (QED) is 0.153. The Morgan fingerprint density at radius 2 is 1.84 bits per heavy atom. The largest absolute Gasteiger partial charge is 0.497 e. The molecule has 0 spiro atoms. The highest BCUT2D eigenvalue weighted by atomic mass is 28.4. The fourth-order valence-electron chi connectivity index (χ4n) is 2.69. The Morgan fingerprint density at radius 1 is 1.19 bits per heavy atom. The van der Waals surface area contributed by atoms with Crippen LogP contribution in [0, 0.1) is 12.3 Å². The first-order valence-corrected chi connectivity index (χ1v) is 13.8. The molecule has 0 fully saturated rings. The molecule has 0 bridgehead atoms. The third-order valence-electron chi connectivity index (χ3n) is 5.52. The van der Waals surface area contributed by atoms with Crippen LogP contribution < -0.4 is 4.74 Å². The van der Waals surface area contributed by atoms with Crippen LogP contribution in [0.3, 0.4) is 0 Å². The van der Waals surface area contributed by atoms with Crippen molar-refractivity contribution >= 4 is 8.32 Å². The van der Waals surface area contributed by atoms with E-state index in [-0.39, 0.29) is 17.1 Å². The van der Waals surface area contributed by atoms with Gasteiger partial charge in [-0.25, -0.2) is 0 Å². The number of rotatable bonds is 14. The molecule has 0 aliphatic rings. The predicted molar refractivity (Wildman–Crippen MR) is 128 cm³/mol. The van der Waals surface area contributed by atoms with E-state index in [1.807, 2.05) is 31.2 Å². The van der Waals surface area contributed by atoms with Crippen molar-refractivity contribution in [2.24, 2.45) is 0 Å². The van der Waals surface area contributed by atoms with Crippen molar-refractivity contribution in [3.8, 4) is 18.1 Å². The van der Waals surface area contributed by atoms with Gasteiger partial charge in [0.25, 0.3) is 5.95 Å². The lowest BCUT2D eigenvalue weighted by Gasteiger charge is -2.39. The minimum Gasteiger partial charge on any atom is -0.497 e. The van der Waals surface area contributed by atoms with E-state index in [2.05, 4.69) is 46.4 Å². The third-order valence-corrected chi connectivity index (χ3v) is 10.1. The van der Waals surface area contributed by atoms with Crippen LogP contribution in [0.4, 0.5) is 0 Å². The van der Waals surface area contributed by atoms with Crippen LogP contribution in [0.15, 0.2) is 36.8 Å². The summed E-state index contributed by atoms with van der Waals surface area (Å²) in [6.07, 6.45) is 6.46. The molecule has 31 heavy (non-hydrogen) atoms. The molecule has 0 aromatic heterocycles. The predicted octanol–water partition coefficient (Wildman–Crippen LogP) is 5.91. The van der Waals surface area contributed by atoms with Crippen LogP contribution in [0.25, 0.3) is 0 Å². The van der Waals surface area contributed by atoms with Gasteiger partial charge in [-0.1, -0.05) is 38.8 Å². The molecular weight excluding hydrogens is 408 g/mol. The van der Waals surface area contributed by atoms with E-state index in [4.69, 9.17) is 29.8 Å². The number of methoxy groups -OCH3 is 1. The Kier molecular flexibility index (Phi) is 11.2. The zero-order valence-electron chi connectivity index (χ0n) is 20.3. The van der Waals surface area contributed by atoms with Crippen molar-refractivity contribution in [1.29, 1.82) is 0 Å². The second kappa shape index (κ2) is 12.8. The van der Waals surface area contributed by atoms with Gasteiger partial charge in [-0.3, -0.25) is 0 Å². The first-order chi connectivity index (χ1) is 14.5. The lowest BCUT2D eigenvalue weighted by Crippen LogP contribution is -2.45.